The standard InChI is InChI=1S/C20H17F2N3O/c1-3-20(26)23-12-15-5-4-13(14-6-7-17(21)18(22)11-14)10-16(15)19-8-9-25(2)24-19/h3-11H,1,12H2,2H3,(H,23,26). The highest BCUT2D eigenvalue weighted by Gasteiger charge is 2.12. The van der Waals surface area contributed by atoms with Crippen molar-refractivity contribution in [3.63, 3.8) is 0 Å². The Labute approximate surface area is 149 Å². The Morgan fingerprint density at radius 2 is 1.88 bits per heavy atom. The summed E-state index contributed by atoms with van der Waals surface area (Å²) in [6.45, 7) is 3.73. The van der Waals surface area contributed by atoms with Crippen molar-refractivity contribution in [1.29, 1.82) is 0 Å². The fourth-order valence-corrected chi connectivity index (χ4v) is 2.64. The molecule has 0 fully saturated rings. The van der Waals surface area contributed by atoms with Crippen LogP contribution < -0.4 is 5.32 Å². The molecule has 6 heteroatoms. The molecule has 0 saturated carbocycles. The molecule has 2 aromatic carbocycles. The summed E-state index contributed by atoms with van der Waals surface area (Å²) in [5.41, 5.74) is 3.66. The van der Waals surface area contributed by atoms with E-state index in [2.05, 4.69) is 17.0 Å². The molecule has 0 atom stereocenters. The fraction of sp³-hybridized carbons (Fsp3) is 0.100. The number of nitrogens with zero attached hydrogens (tertiary/aromatic N) is 2. The van der Waals surface area contributed by atoms with Crippen LogP contribution in [0.5, 0.6) is 0 Å². The van der Waals surface area contributed by atoms with Gasteiger partial charge >= 0.3 is 0 Å². The van der Waals surface area contributed by atoms with Gasteiger partial charge in [-0.05, 0) is 47.0 Å². The summed E-state index contributed by atoms with van der Waals surface area (Å²) in [5, 5.41) is 7.15. The largest absolute Gasteiger partial charge is 0.348 e. The number of halogens is 2. The Morgan fingerprint density at radius 3 is 2.54 bits per heavy atom. The lowest BCUT2D eigenvalue weighted by atomic mass is 9.97. The van der Waals surface area contributed by atoms with Crippen LogP contribution in [0, 0.1) is 11.6 Å². The minimum Gasteiger partial charge on any atom is -0.348 e. The average molecular weight is 353 g/mol. The minimum absolute atomic E-state index is 0.276. The summed E-state index contributed by atoms with van der Waals surface area (Å²) in [6, 6.07) is 11.1. The molecule has 0 spiro atoms. The van der Waals surface area contributed by atoms with Crippen molar-refractivity contribution in [2.24, 2.45) is 7.05 Å². The highest BCUT2D eigenvalue weighted by atomic mass is 19.2. The Hall–Kier alpha value is -3.28. The summed E-state index contributed by atoms with van der Waals surface area (Å²) in [5.74, 6) is -2.06. The Morgan fingerprint density at radius 1 is 1.15 bits per heavy atom. The number of carbonyl (C=O) groups is 1. The van der Waals surface area contributed by atoms with E-state index >= 15 is 0 Å². The molecule has 0 aliphatic rings. The van der Waals surface area contributed by atoms with Crippen LogP contribution in [-0.4, -0.2) is 15.7 Å². The zero-order valence-electron chi connectivity index (χ0n) is 14.2. The van der Waals surface area contributed by atoms with Gasteiger partial charge in [0.25, 0.3) is 0 Å². The van der Waals surface area contributed by atoms with Gasteiger partial charge in [-0.2, -0.15) is 5.10 Å². The fourth-order valence-electron chi connectivity index (χ4n) is 2.64. The average Bonchev–Trinajstić information content (AvgIpc) is 3.08. The van der Waals surface area contributed by atoms with Crippen LogP contribution in [0.4, 0.5) is 8.78 Å². The lowest BCUT2D eigenvalue weighted by Crippen LogP contribution is -2.20. The lowest BCUT2D eigenvalue weighted by Gasteiger charge is -2.11. The van der Waals surface area contributed by atoms with Gasteiger partial charge in [0.2, 0.25) is 5.91 Å². The number of hydrogen-bond donors (Lipinski definition) is 1. The number of aryl methyl sites for hydroxylation is 1. The third kappa shape index (κ3) is 3.69. The number of rotatable bonds is 5. The topological polar surface area (TPSA) is 46.9 Å². The van der Waals surface area contributed by atoms with E-state index in [1.54, 1.807) is 10.7 Å². The maximum atomic E-state index is 13.6. The summed E-state index contributed by atoms with van der Waals surface area (Å²) in [7, 11) is 1.81. The van der Waals surface area contributed by atoms with Gasteiger partial charge in [-0.15, -0.1) is 0 Å². The van der Waals surface area contributed by atoms with E-state index in [0.29, 0.717) is 12.1 Å². The lowest BCUT2D eigenvalue weighted by molar-refractivity contribution is -0.116. The van der Waals surface area contributed by atoms with E-state index in [4.69, 9.17) is 0 Å². The molecule has 4 nitrogen and oxygen atoms in total. The van der Waals surface area contributed by atoms with Gasteiger partial charge in [0.05, 0.1) is 5.69 Å². The minimum atomic E-state index is -0.899. The normalized spacial score (nSPS) is 10.6. The molecule has 1 N–H and O–H groups in total. The van der Waals surface area contributed by atoms with Gasteiger partial charge in [0.15, 0.2) is 11.6 Å². The van der Waals surface area contributed by atoms with Crippen LogP contribution in [0.2, 0.25) is 0 Å². The first kappa shape index (κ1) is 17.5. The van der Waals surface area contributed by atoms with Crippen LogP contribution in [0.3, 0.4) is 0 Å². The molecular formula is C20H17F2N3O. The van der Waals surface area contributed by atoms with Crippen LogP contribution in [0.1, 0.15) is 5.56 Å². The van der Waals surface area contributed by atoms with Gasteiger partial charge in [-0.1, -0.05) is 24.8 Å². The SMILES string of the molecule is C=CC(=O)NCc1ccc(-c2ccc(F)c(F)c2)cc1-c1ccn(C)n1. The number of nitrogens with one attached hydrogen (secondary N) is 1. The molecular weight excluding hydrogens is 336 g/mol. The van der Waals surface area contributed by atoms with Crippen LogP contribution >= 0.6 is 0 Å². The van der Waals surface area contributed by atoms with Crippen molar-refractivity contribution < 1.29 is 13.6 Å². The molecule has 0 radical (unpaired) electrons. The summed E-state index contributed by atoms with van der Waals surface area (Å²) >= 11 is 0. The van der Waals surface area contributed by atoms with E-state index in [1.807, 2.05) is 31.4 Å². The molecule has 1 amide bonds. The van der Waals surface area contributed by atoms with Crippen molar-refractivity contribution in [1.82, 2.24) is 15.1 Å². The molecule has 1 heterocycles. The van der Waals surface area contributed by atoms with Gasteiger partial charge in [-0.25, -0.2) is 8.78 Å². The highest BCUT2D eigenvalue weighted by molar-refractivity contribution is 5.87. The predicted octanol–water partition coefficient (Wildman–Crippen LogP) is 3.83. The maximum absolute atomic E-state index is 13.6. The molecule has 0 unspecified atom stereocenters. The molecule has 3 rings (SSSR count). The quantitative estimate of drug-likeness (QED) is 0.709. The van der Waals surface area contributed by atoms with Crippen molar-refractivity contribution in [2.45, 2.75) is 6.54 Å². The third-order valence-electron chi connectivity index (χ3n) is 3.99. The molecule has 1 aromatic heterocycles. The second-order valence-electron chi connectivity index (χ2n) is 5.80. The van der Waals surface area contributed by atoms with Gasteiger partial charge in [0, 0.05) is 25.4 Å². The number of carbonyl (C=O) groups excluding carboxylic acids is 1. The van der Waals surface area contributed by atoms with Gasteiger partial charge in [-0.3, -0.25) is 9.48 Å². The second-order valence-corrected chi connectivity index (χ2v) is 5.80. The van der Waals surface area contributed by atoms with E-state index in [0.717, 1.165) is 34.5 Å². The number of aromatic nitrogens is 2. The molecule has 0 bridgehead atoms. The first-order chi connectivity index (χ1) is 12.5. The van der Waals surface area contributed by atoms with Crippen molar-refractivity contribution >= 4 is 5.91 Å². The smallest absolute Gasteiger partial charge is 0.243 e. The predicted molar refractivity (Wildman–Crippen MR) is 96.0 cm³/mol. The Bertz CT molecular complexity index is 979. The number of hydrogen-bond acceptors (Lipinski definition) is 2. The summed E-state index contributed by atoms with van der Waals surface area (Å²) in [4.78, 5) is 11.5. The van der Waals surface area contributed by atoms with Crippen molar-refractivity contribution in [3.8, 4) is 22.4 Å². The van der Waals surface area contributed by atoms with E-state index < -0.39 is 11.6 Å². The van der Waals surface area contributed by atoms with Crippen LogP contribution in [0.15, 0.2) is 61.3 Å². The molecule has 0 aliphatic heterocycles. The zero-order chi connectivity index (χ0) is 18.7. The zero-order valence-corrected chi connectivity index (χ0v) is 14.2. The van der Waals surface area contributed by atoms with Gasteiger partial charge in [0.1, 0.15) is 0 Å². The van der Waals surface area contributed by atoms with Crippen molar-refractivity contribution in [2.75, 3.05) is 0 Å². The van der Waals surface area contributed by atoms with Crippen LogP contribution in [-0.2, 0) is 18.4 Å². The number of benzene rings is 2. The summed E-state index contributed by atoms with van der Waals surface area (Å²) < 4.78 is 28.4. The second kappa shape index (κ2) is 7.31. The monoisotopic (exact) mass is 353 g/mol. The van der Waals surface area contributed by atoms with Crippen molar-refractivity contribution in [3.05, 3.63) is 78.5 Å². The highest BCUT2D eigenvalue weighted by Crippen LogP contribution is 2.29. The molecule has 0 aliphatic carbocycles. The first-order valence-corrected chi connectivity index (χ1v) is 7.96. The van der Waals surface area contributed by atoms with E-state index in [9.17, 15) is 13.6 Å². The molecule has 3 aromatic rings. The summed E-state index contributed by atoms with van der Waals surface area (Å²) in [6.07, 6.45) is 3.02. The maximum Gasteiger partial charge on any atom is 0.243 e. The van der Waals surface area contributed by atoms with Crippen LogP contribution in [0.25, 0.3) is 22.4 Å². The third-order valence-corrected chi connectivity index (χ3v) is 3.99. The van der Waals surface area contributed by atoms with E-state index in [-0.39, 0.29) is 5.91 Å². The Kier molecular flexibility index (Phi) is 4.93. The first-order valence-electron chi connectivity index (χ1n) is 7.96. The van der Waals surface area contributed by atoms with E-state index in [1.165, 1.54) is 12.1 Å². The Balaban J connectivity index is 2.04. The number of amides is 1. The molecule has 0 saturated heterocycles. The molecule has 26 heavy (non-hydrogen) atoms. The van der Waals surface area contributed by atoms with Gasteiger partial charge < -0.3 is 5.32 Å². The molecule has 132 valence electrons.